The molecule has 2 heterocycles. The van der Waals surface area contributed by atoms with Crippen molar-refractivity contribution in [2.75, 3.05) is 0 Å². The summed E-state index contributed by atoms with van der Waals surface area (Å²) in [4.78, 5) is 12.4. The lowest BCUT2D eigenvalue weighted by atomic mass is 10.2. The highest BCUT2D eigenvalue weighted by molar-refractivity contribution is 7.18. The number of hydrogen-bond acceptors (Lipinski definition) is 3. The minimum atomic E-state index is -0.0369. The van der Waals surface area contributed by atoms with E-state index in [1.54, 1.807) is 29.0 Å². The third-order valence-electron chi connectivity index (χ3n) is 2.28. The molecule has 88 valence electrons. The van der Waals surface area contributed by atoms with Crippen LogP contribution in [0.3, 0.4) is 0 Å². The number of ketones is 1. The molecule has 0 unspecified atom stereocenters. The van der Waals surface area contributed by atoms with Crippen molar-refractivity contribution in [2.45, 2.75) is 6.92 Å². The van der Waals surface area contributed by atoms with Gasteiger partial charge in [-0.25, -0.2) is 0 Å². The molecule has 0 saturated carbocycles. The van der Waals surface area contributed by atoms with Gasteiger partial charge in [0.15, 0.2) is 5.78 Å². The first kappa shape index (κ1) is 12.1. The van der Waals surface area contributed by atoms with Crippen LogP contribution in [0.4, 0.5) is 0 Å². The zero-order valence-corrected chi connectivity index (χ0v) is 11.0. The van der Waals surface area contributed by atoms with Crippen LogP contribution in [0.25, 0.3) is 6.08 Å². The fraction of sp³-hybridized carbons (Fsp3) is 0.167. The predicted octanol–water partition coefficient (Wildman–Crippen LogP) is 3.34. The predicted molar refractivity (Wildman–Crippen MR) is 70.6 cm³/mol. The number of carbonyl (C=O) groups is 1. The van der Waals surface area contributed by atoms with Crippen LogP contribution in [-0.2, 0) is 7.05 Å². The SMILES string of the molecule is Cc1nn(C)cc1/C=C/C(=O)c1ccc(Cl)s1. The third-order valence-corrected chi connectivity index (χ3v) is 3.53. The molecule has 2 aromatic rings. The summed E-state index contributed by atoms with van der Waals surface area (Å²) in [7, 11) is 1.85. The number of hydrogen-bond donors (Lipinski definition) is 0. The van der Waals surface area contributed by atoms with Crippen molar-refractivity contribution < 1.29 is 4.79 Å². The smallest absolute Gasteiger partial charge is 0.195 e. The van der Waals surface area contributed by atoms with Gasteiger partial charge >= 0.3 is 0 Å². The van der Waals surface area contributed by atoms with Crippen molar-refractivity contribution in [3.8, 4) is 0 Å². The summed E-state index contributed by atoms with van der Waals surface area (Å²) in [6, 6.07) is 3.46. The quantitative estimate of drug-likeness (QED) is 0.631. The molecule has 0 radical (unpaired) electrons. The van der Waals surface area contributed by atoms with E-state index >= 15 is 0 Å². The normalized spacial score (nSPS) is 11.2. The molecule has 17 heavy (non-hydrogen) atoms. The van der Waals surface area contributed by atoms with Crippen LogP contribution < -0.4 is 0 Å². The number of rotatable bonds is 3. The molecular formula is C12H11ClN2OS. The van der Waals surface area contributed by atoms with Crippen LogP contribution in [0, 0.1) is 6.92 Å². The molecule has 0 bridgehead atoms. The topological polar surface area (TPSA) is 34.9 Å². The summed E-state index contributed by atoms with van der Waals surface area (Å²) in [5, 5.41) is 4.20. The highest BCUT2D eigenvalue weighted by Gasteiger charge is 2.05. The summed E-state index contributed by atoms with van der Waals surface area (Å²) in [5.74, 6) is -0.0369. The van der Waals surface area contributed by atoms with Gasteiger partial charge in [0.05, 0.1) is 14.9 Å². The number of halogens is 1. The Morgan fingerprint density at radius 2 is 2.29 bits per heavy atom. The summed E-state index contributed by atoms with van der Waals surface area (Å²) in [6.07, 6.45) is 5.20. The van der Waals surface area contributed by atoms with Crippen molar-refractivity contribution in [2.24, 2.45) is 7.05 Å². The molecule has 0 aromatic carbocycles. The van der Waals surface area contributed by atoms with Gasteiger partial charge in [-0.15, -0.1) is 11.3 Å². The molecule has 0 amide bonds. The van der Waals surface area contributed by atoms with Gasteiger partial charge < -0.3 is 0 Å². The molecule has 2 aromatic heterocycles. The maximum absolute atomic E-state index is 11.8. The Hall–Kier alpha value is -1.39. The Bertz CT molecular complexity index is 583. The first-order chi connectivity index (χ1) is 8.06. The second-order valence-corrected chi connectivity index (χ2v) is 5.36. The van der Waals surface area contributed by atoms with Crippen molar-refractivity contribution in [1.82, 2.24) is 9.78 Å². The van der Waals surface area contributed by atoms with Crippen molar-refractivity contribution in [3.63, 3.8) is 0 Å². The lowest BCUT2D eigenvalue weighted by molar-refractivity contribution is 0.105. The summed E-state index contributed by atoms with van der Waals surface area (Å²) in [5.41, 5.74) is 1.85. The maximum Gasteiger partial charge on any atom is 0.195 e. The van der Waals surface area contributed by atoms with Gasteiger partial charge in [-0.05, 0) is 31.2 Å². The van der Waals surface area contributed by atoms with Gasteiger partial charge in [-0.1, -0.05) is 11.6 Å². The lowest BCUT2D eigenvalue weighted by Gasteiger charge is -1.88. The van der Waals surface area contributed by atoms with Crippen LogP contribution in [0.5, 0.6) is 0 Å². The van der Waals surface area contributed by atoms with E-state index in [-0.39, 0.29) is 5.78 Å². The van der Waals surface area contributed by atoms with E-state index in [0.717, 1.165) is 11.3 Å². The number of aromatic nitrogens is 2. The largest absolute Gasteiger partial charge is 0.288 e. The summed E-state index contributed by atoms with van der Waals surface area (Å²) in [6.45, 7) is 1.91. The Morgan fingerprint density at radius 3 is 2.82 bits per heavy atom. The number of carbonyl (C=O) groups excluding carboxylic acids is 1. The third kappa shape index (κ3) is 2.84. The first-order valence-corrected chi connectivity index (χ1v) is 6.23. The number of allylic oxidation sites excluding steroid dienone is 1. The van der Waals surface area contributed by atoms with Crippen LogP contribution in [0.15, 0.2) is 24.4 Å². The van der Waals surface area contributed by atoms with Gasteiger partial charge in [0, 0.05) is 18.8 Å². The lowest BCUT2D eigenvalue weighted by Crippen LogP contribution is -1.88. The average Bonchev–Trinajstić information content (AvgIpc) is 2.82. The second kappa shape index (κ2) is 4.85. The zero-order chi connectivity index (χ0) is 12.4. The van der Waals surface area contributed by atoms with Crippen LogP contribution >= 0.6 is 22.9 Å². The maximum atomic E-state index is 11.8. The van der Waals surface area contributed by atoms with E-state index in [1.165, 1.54) is 11.3 Å². The Labute approximate surface area is 108 Å². The Morgan fingerprint density at radius 1 is 1.53 bits per heavy atom. The fourth-order valence-electron chi connectivity index (χ4n) is 1.48. The summed E-state index contributed by atoms with van der Waals surface area (Å²) >= 11 is 7.06. The number of nitrogens with zero attached hydrogens (tertiary/aromatic N) is 2. The molecule has 0 spiro atoms. The highest BCUT2D eigenvalue weighted by atomic mass is 35.5. The second-order valence-electron chi connectivity index (χ2n) is 3.64. The number of thiophene rings is 1. The van der Waals surface area contributed by atoms with Crippen LogP contribution in [-0.4, -0.2) is 15.6 Å². The van der Waals surface area contributed by atoms with Crippen LogP contribution in [0.1, 0.15) is 20.9 Å². The number of aryl methyl sites for hydroxylation is 2. The first-order valence-electron chi connectivity index (χ1n) is 5.04. The Kier molecular flexibility index (Phi) is 3.45. The molecule has 2 rings (SSSR count). The van der Waals surface area contributed by atoms with Crippen molar-refractivity contribution in [1.29, 1.82) is 0 Å². The molecule has 0 fully saturated rings. The van der Waals surface area contributed by atoms with Crippen molar-refractivity contribution >= 4 is 34.8 Å². The minimum Gasteiger partial charge on any atom is -0.288 e. The molecule has 0 aliphatic rings. The summed E-state index contributed by atoms with van der Waals surface area (Å²) < 4.78 is 2.35. The van der Waals surface area contributed by atoms with Gasteiger partial charge in [0.2, 0.25) is 0 Å². The van der Waals surface area contributed by atoms with Gasteiger partial charge in [0.1, 0.15) is 0 Å². The van der Waals surface area contributed by atoms with E-state index < -0.39 is 0 Å². The van der Waals surface area contributed by atoms with Crippen LogP contribution in [0.2, 0.25) is 4.34 Å². The van der Waals surface area contributed by atoms with E-state index in [9.17, 15) is 4.79 Å². The van der Waals surface area contributed by atoms with Crippen molar-refractivity contribution in [3.05, 3.63) is 44.9 Å². The molecule has 3 nitrogen and oxygen atoms in total. The molecule has 0 aliphatic heterocycles. The molecule has 0 atom stereocenters. The minimum absolute atomic E-state index is 0.0369. The molecule has 0 aliphatic carbocycles. The van der Waals surface area contributed by atoms with Gasteiger partial charge in [-0.2, -0.15) is 5.10 Å². The van der Waals surface area contributed by atoms with Gasteiger partial charge in [-0.3, -0.25) is 9.48 Å². The molecule has 0 N–H and O–H groups in total. The average molecular weight is 267 g/mol. The molecule has 5 heteroatoms. The molecule has 0 saturated heterocycles. The van der Waals surface area contributed by atoms with E-state index in [0.29, 0.717) is 9.21 Å². The monoisotopic (exact) mass is 266 g/mol. The van der Waals surface area contributed by atoms with E-state index in [4.69, 9.17) is 11.6 Å². The standard InChI is InChI=1S/C12H11ClN2OS/c1-8-9(7-15(2)14-8)3-4-10(16)11-5-6-12(13)17-11/h3-7H,1-2H3/b4-3+. The van der Waals surface area contributed by atoms with E-state index in [2.05, 4.69) is 5.10 Å². The molecular weight excluding hydrogens is 256 g/mol. The highest BCUT2D eigenvalue weighted by Crippen LogP contribution is 2.22. The zero-order valence-electron chi connectivity index (χ0n) is 9.48. The van der Waals surface area contributed by atoms with E-state index in [1.807, 2.05) is 20.2 Å². The fourth-order valence-corrected chi connectivity index (χ4v) is 2.44. The Balaban J connectivity index is 2.16. The van der Waals surface area contributed by atoms with Gasteiger partial charge in [0.25, 0.3) is 0 Å².